The third-order valence-electron chi connectivity index (χ3n) is 3.95. The quantitative estimate of drug-likeness (QED) is 0.267. The van der Waals surface area contributed by atoms with Crippen LogP contribution in [0.2, 0.25) is 0 Å². The van der Waals surface area contributed by atoms with Crippen LogP contribution in [0.15, 0.2) is 50.6 Å². The van der Waals surface area contributed by atoms with Crippen LogP contribution in [-0.4, -0.2) is 34.1 Å². The molecule has 0 saturated carbocycles. The van der Waals surface area contributed by atoms with Crippen LogP contribution in [0.1, 0.15) is 18.1 Å². The number of carbonyl (C=O) groups is 1. The highest BCUT2D eigenvalue weighted by Gasteiger charge is 2.14. The zero-order chi connectivity index (χ0) is 20.3. The Morgan fingerprint density at radius 1 is 1.18 bits per heavy atom. The molecule has 8 nitrogen and oxygen atoms in total. The largest absolute Gasteiger partial charge is 0.506 e. The van der Waals surface area contributed by atoms with Crippen LogP contribution in [0.5, 0.6) is 17.2 Å². The second-order valence-electron chi connectivity index (χ2n) is 5.88. The highest BCUT2D eigenvalue weighted by molar-refractivity contribution is 5.92. The number of ether oxygens (including phenoxy) is 1. The second kappa shape index (κ2) is 7.83. The summed E-state index contributed by atoms with van der Waals surface area (Å²) >= 11 is 0. The number of nitrogens with zero attached hydrogens (tertiary/aromatic N) is 1. The van der Waals surface area contributed by atoms with E-state index in [4.69, 9.17) is 9.15 Å². The van der Waals surface area contributed by atoms with Gasteiger partial charge in [-0.3, -0.25) is 9.79 Å². The molecule has 1 heterocycles. The lowest BCUT2D eigenvalue weighted by Crippen LogP contribution is -2.10. The number of hydrogen-bond acceptors (Lipinski definition) is 8. The average Bonchev–Trinajstić information content (AvgIpc) is 2.63. The van der Waals surface area contributed by atoms with Gasteiger partial charge in [-0.15, -0.1) is 0 Å². The Bertz CT molecular complexity index is 1130. The number of rotatable bonds is 5. The fourth-order valence-electron chi connectivity index (χ4n) is 2.66. The maximum atomic E-state index is 11.8. The molecular weight excluding hydrogens is 366 g/mol. The van der Waals surface area contributed by atoms with Gasteiger partial charge in [0.1, 0.15) is 17.0 Å². The molecule has 28 heavy (non-hydrogen) atoms. The first-order valence-electron chi connectivity index (χ1n) is 8.39. The van der Waals surface area contributed by atoms with Gasteiger partial charge >= 0.3 is 11.6 Å². The summed E-state index contributed by atoms with van der Waals surface area (Å²) in [5.41, 5.74) is 0.178. The van der Waals surface area contributed by atoms with Gasteiger partial charge in [-0.2, -0.15) is 0 Å². The van der Waals surface area contributed by atoms with Crippen LogP contribution >= 0.6 is 0 Å². The summed E-state index contributed by atoms with van der Waals surface area (Å²) in [5.74, 6) is -1.41. The minimum atomic E-state index is -0.660. The highest BCUT2D eigenvalue weighted by atomic mass is 16.5. The van der Waals surface area contributed by atoms with Crippen LogP contribution in [-0.2, 0) is 16.0 Å². The Labute approximate surface area is 159 Å². The van der Waals surface area contributed by atoms with Gasteiger partial charge in [0.2, 0.25) is 0 Å². The second-order valence-corrected chi connectivity index (χ2v) is 5.88. The highest BCUT2D eigenvalue weighted by Crippen LogP contribution is 2.34. The number of para-hydroxylation sites is 1. The Hall–Kier alpha value is -3.81. The summed E-state index contributed by atoms with van der Waals surface area (Å²) in [6.07, 6.45) is 1.12. The molecule has 0 atom stereocenters. The summed E-state index contributed by atoms with van der Waals surface area (Å²) in [7, 11) is 0. The maximum Gasteiger partial charge on any atom is 0.336 e. The first-order valence-corrected chi connectivity index (χ1v) is 8.39. The molecule has 0 aliphatic heterocycles. The molecular formula is C20H17NO7. The molecule has 0 spiro atoms. The average molecular weight is 383 g/mol. The zero-order valence-electron chi connectivity index (χ0n) is 14.9. The third kappa shape index (κ3) is 3.96. The van der Waals surface area contributed by atoms with Crippen molar-refractivity contribution in [3.63, 3.8) is 0 Å². The van der Waals surface area contributed by atoms with Crippen LogP contribution in [0.3, 0.4) is 0 Å². The molecule has 0 radical (unpaired) electrons. The van der Waals surface area contributed by atoms with E-state index in [1.54, 1.807) is 6.92 Å². The summed E-state index contributed by atoms with van der Waals surface area (Å²) in [6.45, 7) is 1.89. The van der Waals surface area contributed by atoms with Gasteiger partial charge in [0, 0.05) is 29.3 Å². The zero-order valence-corrected chi connectivity index (χ0v) is 14.9. The van der Waals surface area contributed by atoms with E-state index >= 15 is 0 Å². The number of phenols is 3. The molecule has 0 bridgehead atoms. The van der Waals surface area contributed by atoms with Gasteiger partial charge in [-0.1, -0.05) is 6.07 Å². The number of esters is 1. The van der Waals surface area contributed by atoms with E-state index in [1.807, 2.05) is 0 Å². The minimum absolute atomic E-state index is 0.100. The number of fused-ring (bicyclic) bond motifs is 1. The fraction of sp³-hybridized carbons (Fsp3) is 0.150. The predicted molar refractivity (Wildman–Crippen MR) is 102 cm³/mol. The summed E-state index contributed by atoms with van der Waals surface area (Å²) in [5, 5.41) is 30.0. The molecule has 3 aromatic rings. The molecule has 0 saturated heterocycles. The number of carbonyl (C=O) groups excluding carboxylic acids is 1. The molecule has 0 unspecified atom stereocenters. The standard InChI is InChI=1S/C20H17NO7/c1-2-27-18(24)6-12-7-19(25)28-17-9-16(23)14(8-13(12)17)21-10-11-4-3-5-15(22)20(11)26/h3-5,7-10,22-23,26H,2,6H2,1H3. The van der Waals surface area contributed by atoms with Crippen molar-refractivity contribution < 1.29 is 29.3 Å². The Balaban J connectivity index is 2.06. The lowest BCUT2D eigenvalue weighted by Gasteiger charge is -2.07. The van der Waals surface area contributed by atoms with Crippen molar-refractivity contribution in [2.24, 2.45) is 4.99 Å². The molecule has 144 valence electrons. The van der Waals surface area contributed by atoms with E-state index in [2.05, 4.69) is 4.99 Å². The monoisotopic (exact) mass is 383 g/mol. The van der Waals surface area contributed by atoms with E-state index in [0.717, 1.165) is 0 Å². The number of benzene rings is 2. The first-order chi connectivity index (χ1) is 13.4. The van der Waals surface area contributed by atoms with Crippen molar-refractivity contribution in [2.45, 2.75) is 13.3 Å². The molecule has 1 aromatic heterocycles. The molecule has 0 aliphatic rings. The number of aliphatic imine (C=N–C) groups is 1. The molecule has 0 amide bonds. The smallest absolute Gasteiger partial charge is 0.336 e. The van der Waals surface area contributed by atoms with Crippen molar-refractivity contribution in [1.82, 2.24) is 0 Å². The van der Waals surface area contributed by atoms with E-state index in [1.165, 1.54) is 42.6 Å². The molecule has 0 aliphatic carbocycles. The Kier molecular flexibility index (Phi) is 5.30. The van der Waals surface area contributed by atoms with Crippen molar-refractivity contribution in [1.29, 1.82) is 0 Å². The van der Waals surface area contributed by atoms with Crippen molar-refractivity contribution >= 4 is 28.8 Å². The topological polar surface area (TPSA) is 130 Å². The summed E-state index contributed by atoms with van der Waals surface area (Å²) < 4.78 is 10.0. The van der Waals surface area contributed by atoms with E-state index < -0.39 is 11.6 Å². The lowest BCUT2D eigenvalue weighted by atomic mass is 10.1. The van der Waals surface area contributed by atoms with Crippen LogP contribution in [0.4, 0.5) is 5.69 Å². The maximum absolute atomic E-state index is 11.8. The Morgan fingerprint density at radius 2 is 1.96 bits per heavy atom. The molecule has 3 N–H and O–H groups in total. The van der Waals surface area contributed by atoms with E-state index in [0.29, 0.717) is 10.9 Å². The third-order valence-corrected chi connectivity index (χ3v) is 3.95. The van der Waals surface area contributed by atoms with Gasteiger partial charge in [-0.05, 0) is 30.7 Å². The number of phenolic OH excluding ortho intramolecular Hbond substituents is 3. The summed E-state index contributed by atoms with van der Waals surface area (Å²) in [4.78, 5) is 27.7. The summed E-state index contributed by atoms with van der Waals surface area (Å²) in [6, 6.07) is 8.25. The van der Waals surface area contributed by atoms with Gasteiger partial charge in [-0.25, -0.2) is 4.79 Å². The van der Waals surface area contributed by atoms with Crippen LogP contribution < -0.4 is 5.63 Å². The molecule has 0 fully saturated rings. The van der Waals surface area contributed by atoms with Crippen LogP contribution in [0.25, 0.3) is 11.0 Å². The van der Waals surface area contributed by atoms with Gasteiger partial charge < -0.3 is 24.5 Å². The van der Waals surface area contributed by atoms with Gasteiger partial charge in [0.05, 0.1) is 13.0 Å². The predicted octanol–water partition coefficient (Wildman–Crippen LogP) is 2.77. The van der Waals surface area contributed by atoms with Crippen molar-refractivity contribution in [3.8, 4) is 17.2 Å². The van der Waals surface area contributed by atoms with E-state index in [-0.39, 0.29) is 47.1 Å². The molecule has 8 heteroatoms. The lowest BCUT2D eigenvalue weighted by molar-refractivity contribution is -0.142. The van der Waals surface area contributed by atoms with Crippen molar-refractivity contribution in [3.05, 3.63) is 57.9 Å². The number of hydrogen-bond donors (Lipinski definition) is 3. The number of aromatic hydroxyl groups is 3. The fourth-order valence-corrected chi connectivity index (χ4v) is 2.66. The van der Waals surface area contributed by atoms with Gasteiger partial charge in [0.15, 0.2) is 11.5 Å². The van der Waals surface area contributed by atoms with Gasteiger partial charge in [0.25, 0.3) is 0 Å². The van der Waals surface area contributed by atoms with Crippen LogP contribution in [0, 0.1) is 0 Å². The van der Waals surface area contributed by atoms with E-state index in [9.17, 15) is 24.9 Å². The molecule has 2 aromatic carbocycles. The first kappa shape index (κ1) is 19.0. The normalized spacial score (nSPS) is 11.2. The molecule has 3 rings (SSSR count). The SMILES string of the molecule is CCOC(=O)Cc1cc(=O)oc2cc(O)c(N=Cc3cccc(O)c3O)cc12. The Morgan fingerprint density at radius 3 is 2.71 bits per heavy atom. The minimum Gasteiger partial charge on any atom is -0.506 e. The van der Waals surface area contributed by atoms with Crippen molar-refractivity contribution in [2.75, 3.05) is 6.61 Å².